The van der Waals surface area contributed by atoms with Crippen molar-refractivity contribution in [2.75, 3.05) is 25.9 Å². The van der Waals surface area contributed by atoms with Crippen LogP contribution in [0.2, 0.25) is 0 Å². The summed E-state index contributed by atoms with van der Waals surface area (Å²) in [5.41, 5.74) is 0.361. The smallest absolute Gasteiger partial charge is 0.0524 e. The molecule has 1 N–H and O–H groups in total. The molecule has 0 spiro atoms. The number of thiol groups is 1. The quantitative estimate of drug-likeness (QED) is 0.590. The maximum Gasteiger partial charge on any atom is 0.0524 e. The van der Waals surface area contributed by atoms with Gasteiger partial charge in [-0.2, -0.15) is 12.6 Å². The van der Waals surface area contributed by atoms with E-state index in [1.54, 1.807) is 0 Å². The molecule has 0 aromatic rings. The van der Waals surface area contributed by atoms with E-state index < -0.39 is 0 Å². The summed E-state index contributed by atoms with van der Waals surface area (Å²) < 4.78 is 0. The van der Waals surface area contributed by atoms with E-state index in [0.717, 1.165) is 25.3 Å². The van der Waals surface area contributed by atoms with Crippen molar-refractivity contribution < 1.29 is 5.11 Å². The Morgan fingerprint density at radius 3 is 2.12 bits per heavy atom. The van der Waals surface area contributed by atoms with Crippen LogP contribution in [0.5, 0.6) is 0 Å². The fraction of sp³-hybridized carbons (Fsp3) is 1.00. The average Bonchev–Trinajstić information content (AvgIpc) is 2.27. The van der Waals surface area contributed by atoms with Crippen LogP contribution in [0.25, 0.3) is 0 Å². The van der Waals surface area contributed by atoms with Crippen molar-refractivity contribution in [2.24, 2.45) is 5.41 Å². The molecule has 0 fully saturated rings. The summed E-state index contributed by atoms with van der Waals surface area (Å²) >= 11 is 4.58. The van der Waals surface area contributed by atoms with Crippen LogP contribution in [0.1, 0.15) is 52.9 Å². The highest BCUT2D eigenvalue weighted by atomic mass is 32.1. The highest BCUT2D eigenvalue weighted by molar-refractivity contribution is 7.80. The number of nitrogens with zero attached hydrogens (tertiary/aromatic N) is 1. The molecular weight excluding hydrogens is 230 g/mol. The minimum atomic E-state index is -0.194. The number of hydrogen-bond acceptors (Lipinski definition) is 3. The Hall–Kier alpha value is 0.270. The first-order valence-electron chi connectivity index (χ1n) is 6.97. The van der Waals surface area contributed by atoms with E-state index in [0.29, 0.717) is 5.41 Å². The topological polar surface area (TPSA) is 23.5 Å². The van der Waals surface area contributed by atoms with Crippen LogP contribution in [0.4, 0.5) is 0 Å². The first kappa shape index (κ1) is 17.3. The molecule has 3 heteroatoms. The second kappa shape index (κ2) is 9.23. The molecular formula is C14H31NOS. The Bertz CT molecular complexity index is 179. The number of aliphatic hydroxyl groups excluding tert-OH is 1. The summed E-state index contributed by atoms with van der Waals surface area (Å²) in [6.07, 6.45) is 5.62. The van der Waals surface area contributed by atoms with Gasteiger partial charge in [-0.3, -0.25) is 0 Å². The van der Waals surface area contributed by atoms with Crippen molar-refractivity contribution in [3.63, 3.8) is 0 Å². The molecule has 0 amide bonds. The van der Waals surface area contributed by atoms with E-state index in [-0.39, 0.29) is 6.10 Å². The van der Waals surface area contributed by atoms with Gasteiger partial charge in [0, 0.05) is 13.1 Å². The standard InChI is InChI=1S/C14H31NOS/c1-5-8-14(12-17,9-6-2)11-15(4)10-7-13(3)16/h13,16-17H,5-12H2,1-4H3. The van der Waals surface area contributed by atoms with Crippen LogP contribution in [-0.4, -0.2) is 42.0 Å². The molecule has 0 aromatic heterocycles. The van der Waals surface area contributed by atoms with E-state index >= 15 is 0 Å². The highest BCUT2D eigenvalue weighted by Gasteiger charge is 2.28. The molecule has 0 aliphatic heterocycles. The zero-order valence-corrected chi connectivity index (χ0v) is 13.0. The number of hydrogen-bond donors (Lipinski definition) is 2. The molecule has 0 bridgehead atoms. The molecule has 1 atom stereocenters. The Balaban J connectivity index is 4.29. The highest BCUT2D eigenvalue weighted by Crippen LogP contribution is 2.32. The maximum absolute atomic E-state index is 9.32. The van der Waals surface area contributed by atoms with Crippen molar-refractivity contribution in [3.8, 4) is 0 Å². The van der Waals surface area contributed by atoms with Crippen LogP contribution >= 0.6 is 12.6 Å². The van der Waals surface area contributed by atoms with Crippen LogP contribution in [-0.2, 0) is 0 Å². The average molecular weight is 261 g/mol. The van der Waals surface area contributed by atoms with E-state index in [1.165, 1.54) is 25.7 Å². The fourth-order valence-electron chi connectivity index (χ4n) is 2.61. The molecule has 0 radical (unpaired) electrons. The lowest BCUT2D eigenvalue weighted by atomic mass is 9.80. The molecule has 0 saturated heterocycles. The SMILES string of the molecule is CCCC(CS)(CCC)CN(C)CCC(C)O. The Morgan fingerprint density at radius 2 is 1.76 bits per heavy atom. The van der Waals surface area contributed by atoms with Crippen LogP contribution in [0.3, 0.4) is 0 Å². The molecule has 0 rings (SSSR count). The zero-order valence-electron chi connectivity index (χ0n) is 12.1. The van der Waals surface area contributed by atoms with Gasteiger partial charge in [0.2, 0.25) is 0 Å². The van der Waals surface area contributed by atoms with Gasteiger partial charge in [-0.15, -0.1) is 0 Å². The van der Waals surface area contributed by atoms with E-state index in [2.05, 4.69) is 38.4 Å². The predicted molar refractivity (Wildman–Crippen MR) is 79.9 cm³/mol. The van der Waals surface area contributed by atoms with Gasteiger partial charge in [0.15, 0.2) is 0 Å². The Morgan fingerprint density at radius 1 is 1.24 bits per heavy atom. The lowest BCUT2D eigenvalue weighted by molar-refractivity contribution is 0.133. The minimum absolute atomic E-state index is 0.194. The Kier molecular flexibility index (Phi) is 9.38. The van der Waals surface area contributed by atoms with Crippen molar-refractivity contribution in [3.05, 3.63) is 0 Å². The lowest BCUT2D eigenvalue weighted by Crippen LogP contribution is -2.38. The summed E-state index contributed by atoms with van der Waals surface area (Å²) in [4.78, 5) is 2.36. The van der Waals surface area contributed by atoms with Gasteiger partial charge >= 0.3 is 0 Å². The molecule has 0 aliphatic rings. The molecule has 0 heterocycles. The molecule has 104 valence electrons. The molecule has 17 heavy (non-hydrogen) atoms. The normalized spacial score (nSPS) is 14.3. The van der Waals surface area contributed by atoms with Gasteiger partial charge in [-0.1, -0.05) is 26.7 Å². The van der Waals surface area contributed by atoms with E-state index in [9.17, 15) is 5.11 Å². The van der Waals surface area contributed by atoms with Crippen molar-refractivity contribution in [1.82, 2.24) is 4.90 Å². The number of aliphatic hydroxyl groups is 1. The largest absolute Gasteiger partial charge is 0.393 e. The summed E-state index contributed by atoms with van der Waals surface area (Å²) in [5.74, 6) is 0.966. The molecule has 0 aliphatic carbocycles. The third-order valence-corrected chi connectivity index (χ3v) is 4.10. The van der Waals surface area contributed by atoms with Gasteiger partial charge < -0.3 is 10.0 Å². The van der Waals surface area contributed by atoms with Crippen molar-refractivity contribution in [2.45, 2.75) is 59.0 Å². The first-order chi connectivity index (χ1) is 7.99. The minimum Gasteiger partial charge on any atom is -0.393 e. The second-order valence-electron chi connectivity index (χ2n) is 5.53. The lowest BCUT2D eigenvalue weighted by Gasteiger charge is -2.36. The van der Waals surface area contributed by atoms with Crippen LogP contribution in [0.15, 0.2) is 0 Å². The van der Waals surface area contributed by atoms with Gasteiger partial charge in [0.25, 0.3) is 0 Å². The van der Waals surface area contributed by atoms with E-state index in [4.69, 9.17) is 0 Å². The number of rotatable bonds is 10. The maximum atomic E-state index is 9.32. The summed E-state index contributed by atoms with van der Waals surface area (Å²) in [6.45, 7) is 8.44. The Labute approximate surface area is 113 Å². The molecule has 0 aromatic carbocycles. The van der Waals surface area contributed by atoms with Gasteiger partial charge in [-0.25, -0.2) is 0 Å². The van der Waals surface area contributed by atoms with Crippen LogP contribution < -0.4 is 0 Å². The summed E-state index contributed by atoms with van der Waals surface area (Å²) in [6, 6.07) is 0. The summed E-state index contributed by atoms with van der Waals surface area (Å²) in [7, 11) is 2.16. The first-order valence-corrected chi connectivity index (χ1v) is 7.60. The molecule has 1 unspecified atom stereocenters. The van der Waals surface area contributed by atoms with Crippen LogP contribution in [0, 0.1) is 5.41 Å². The zero-order chi connectivity index (χ0) is 13.3. The predicted octanol–water partition coefficient (Wildman–Crippen LogP) is 3.21. The molecule has 2 nitrogen and oxygen atoms in total. The van der Waals surface area contributed by atoms with Gasteiger partial charge in [0.1, 0.15) is 0 Å². The third kappa shape index (κ3) is 7.32. The summed E-state index contributed by atoms with van der Waals surface area (Å²) in [5, 5.41) is 9.32. The molecule has 0 saturated carbocycles. The second-order valence-corrected chi connectivity index (χ2v) is 5.85. The van der Waals surface area contributed by atoms with Gasteiger partial charge in [0.05, 0.1) is 6.10 Å². The van der Waals surface area contributed by atoms with E-state index in [1.807, 2.05) is 6.92 Å². The van der Waals surface area contributed by atoms with Gasteiger partial charge in [-0.05, 0) is 44.4 Å². The van der Waals surface area contributed by atoms with Crippen molar-refractivity contribution in [1.29, 1.82) is 0 Å². The fourth-order valence-corrected chi connectivity index (χ4v) is 3.03. The monoisotopic (exact) mass is 261 g/mol. The van der Waals surface area contributed by atoms with Crippen molar-refractivity contribution >= 4 is 12.6 Å². The third-order valence-electron chi connectivity index (χ3n) is 3.43.